The molecule has 0 saturated heterocycles. The van der Waals surface area contributed by atoms with Gasteiger partial charge in [-0.05, 0) is 25.4 Å². The maximum absolute atomic E-state index is 10.2. The average molecular weight is 151 g/mol. The minimum absolute atomic E-state index is 0.0417. The number of rotatable bonds is 4. The van der Waals surface area contributed by atoms with Gasteiger partial charge in [-0.3, -0.25) is 4.79 Å². The van der Waals surface area contributed by atoms with Gasteiger partial charge in [-0.2, -0.15) is 0 Å². The van der Waals surface area contributed by atoms with E-state index in [9.17, 15) is 4.79 Å². The number of hydrogen-bond acceptors (Lipinski definition) is 2. The van der Waals surface area contributed by atoms with Gasteiger partial charge < -0.3 is 4.74 Å². The van der Waals surface area contributed by atoms with Crippen LogP contribution in [0.2, 0.25) is 0 Å². The monoisotopic (exact) mass is 150 g/mol. The van der Waals surface area contributed by atoms with Crippen LogP contribution in [0, 0.1) is 0 Å². The van der Waals surface area contributed by atoms with Crippen molar-refractivity contribution in [2.24, 2.45) is 0 Å². The molecule has 2 nitrogen and oxygen atoms in total. The number of carbonyl (C=O) groups excluding carboxylic acids is 1. The highest BCUT2D eigenvalue weighted by Gasteiger charge is 2.04. The van der Waals surface area contributed by atoms with Crippen molar-refractivity contribution in [2.75, 3.05) is 6.61 Å². The Morgan fingerprint density at radius 1 is 1.78 bits per heavy atom. The van der Waals surface area contributed by atoms with E-state index < -0.39 is 0 Å². The molecule has 0 N–H and O–H groups in total. The maximum Gasteiger partial charge on any atom is 0.224 e. The van der Waals surface area contributed by atoms with E-state index in [1.54, 1.807) is 0 Å². The van der Waals surface area contributed by atoms with Crippen LogP contribution in [0.15, 0.2) is 0 Å². The highest BCUT2D eigenvalue weighted by Crippen LogP contribution is 1.99. The predicted octanol–water partition coefficient (Wildman–Crippen LogP) is 1.57. The maximum atomic E-state index is 10.2. The van der Waals surface area contributed by atoms with Crippen molar-refractivity contribution >= 4 is 16.8 Å². The van der Waals surface area contributed by atoms with E-state index in [1.807, 2.05) is 13.8 Å². The highest BCUT2D eigenvalue weighted by molar-refractivity contribution is 6.63. The standard InChI is InChI=1S/C6H11ClO2/c1-3-9-5(2)4-6(7)8/h5H,3-4H2,1-2H3. The summed E-state index contributed by atoms with van der Waals surface area (Å²) in [4.78, 5) is 10.2. The Kier molecular flexibility index (Phi) is 4.72. The van der Waals surface area contributed by atoms with Crippen molar-refractivity contribution in [1.29, 1.82) is 0 Å². The summed E-state index contributed by atoms with van der Waals surface area (Å²) in [5.41, 5.74) is 0. The quantitative estimate of drug-likeness (QED) is 0.569. The molecule has 0 spiro atoms. The Morgan fingerprint density at radius 2 is 2.33 bits per heavy atom. The zero-order chi connectivity index (χ0) is 7.28. The fourth-order valence-electron chi connectivity index (χ4n) is 0.569. The molecule has 0 aromatic heterocycles. The van der Waals surface area contributed by atoms with Crippen LogP contribution in [0.4, 0.5) is 0 Å². The van der Waals surface area contributed by atoms with Gasteiger partial charge in [0.25, 0.3) is 0 Å². The first-order chi connectivity index (χ1) is 4.16. The number of ether oxygens (including phenoxy) is 1. The molecular formula is C6H11ClO2. The SMILES string of the molecule is CCOC(C)CC(=O)Cl. The fourth-order valence-corrected chi connectivity index (χ4v) is 0.787. The van der Waals surface area contributed by atoms with Crippen molar-refractivity contribution in [2.45, 2.75) is 26.4 Å². The summed E-state index contributed by atoms with van der Waals surface area (Å²) >= 11 is 5.09. The summed E-state index contributed by atoms with van der Waals surface area (Å²) < 4.78 is 5.05. The molecule has 54 valence electrons. The molecule has 0 bridgehead atoms. The molecule has 0 amide bonds. The lowest BCUT2D eigenvalue weighted by atomic mass is 10.3. The highest BCUT2D eigenvalue weighted by atomic mass is 35.5. The molecule has 0 rings (SSSR count). The lowest BCUT2D eigenvalue weighted by molar-refractivity contribution is -0.114. The van der Waals surface area contributed by atoms with Crippen LogP contribution >= 0.6 is 11.6 Å². The molecular weight excluding hydrogens is 140 g/mol. The first-order valence-corrected chi connectivity index (χ1v) is 3.34. The summed E-state index contributed by atoms with van der Waals surface area (Å²) in [6.07, 6.45) is 0.259. The van der Waals surface area contributed by atoms with Gasteiger partial charge in [0.2, 0.25) is 5.24 Å². The minimum Gasteiger partial charge on any atom is -0.378 e. The summed E-state index contributed by atoms with van der Waals surface area (Å²) in [5, 5.41) is -0.337. The van der Waals surface area contributed by atoms with E-state index in [1.165, 1.54) is 0 Å². The van der Waals surface area contributed by atoms with Gasteiger partial charge in [-0.15, -0.1) is 0 Å². The van der Waals surface area contributed by atoms with Gasteiger partial charge in [-0.25, -0.2) is 0 Å². The number of halogens is 1. The third-order valence-electron chi connectivity index (χ3n) is 0.899. The molecule has 1 atom stereocenters. The zero-order valence-electron chi connectivity index (χ0n) is 5.69. The van der Waals surface area contributed by atoms with Gasteiger partial charge in [0.15, 0.2) is 0 Å². The topological polar surface area (TPSA) is 26.3 Å². The van der Waals surface area contributed by atoms with E-state index in [0.29, 0.717) is 13.0 Å². The van der Waals surface area contributed by atoms with Crippen molar-refractivity contribution in [3.8, 4) is 0 Å². The lowest BCUT2D eigenvalue weighted by Crippen LogP contribution is -2.10. The van der Waals surface area contributed by atoms with Crippen molar-refractivity contribution in [1.82, 2.24) is 0 Å². The van der Waals surface area contributed by atoms with Crippen molar-refractivity contribution in [3.63, 3.8) is 0 Å². The van der Waals surface area contributed by atoms with Gasteiger partial charge in [0.05, 0.1) is 6.10 Å². The van der Waals surface area contributed by atoms with Crippen LogP contribution in [0.3, 0.4) is 0 Å². The third kappa shape index (κ3) is 5.80. The Labute approximate surface area is 60.1 Å². The van der Waals surface area contributed by atoms with Crippen molar-refractivity contribution < 1.29 is 9.53 Å². The third-order valence-corrected chi connectivity index (χ3v) is 1.05. The van der Waals surface area contributed by atoms with E-state index in [-0.39, 0.29) is 11.3 Å². The van der Waals surface area contributed by atoms with E-state index in [2.05, 4.69) is 0 Å². The first-order valence-electron chi connectivity index (χ1n) is 2.96. The van der Waals surface area contributed by atoms with E-state index >= 15 is 0 Å². The summed E-state index contributed by atoms with van der Waals surface area (Å²) in [7, 11) is 0. The summed E-state index contributed by atoms with van der Waals surface area (Å²) in [6, 6.07) is 0. The van der Waals surface area contributed by atoms with Crippen LogP contribution < -0.4 is 0 Å². The van der Waals surface area contributed by atoms with E-state index in [4.69, 9.17) is 16.3 Å². The predicted molar refractivity (Wildman–Crippen MR) is 36.6 cm³/mol. The Bertz CT molecular complexity index is 93.1. The van der Waals surface area contributed by atoms with Gasteiger partial charge in [0, 0.05) is 13.0 Å². The van der Waals surface area contributed by atoms with Crippen LogP contribution in [-0.2, 0) is 9.53 Å². The second-order valence-electron chi connectivity index (χ2n) is 1.83. The molecule has 0 aliphatic carbocycles. The molecule has 0 aromatic rings. The minimum atomic E-state index is -0.337. The first kappa shape index (κ1) is 8.92. The second-order valence-corrected chi connectivity index (χ2v) is 2.25. The van der Waals surface area contributed by atoms with Crippen molar-refractivity contribution in [3.05, 3.63) is 0 Å². The molecule has 0 heterocycles. The largest absolute Gasteiger partial charge is 0.378 e. The summed E-state index contributed by atoms with van der Waals surface area (Å²) in [5.74, 6) is 0. The zero-order valence-corrected chi connectivity index (χ0v) is 6.44. The van der Waals surface area contributed by atoms with Gasteiger partial charge in [0.1, 0.15) is 0 Å². The molecule has 0 aliphatic rings. The van der Waals surface area contributed by atoms with Crippen LogP contribution in [0.25, 0.3) is 0 Å². The molecule has 0 fully saturated rings. The van der Waals surface area contributed by atoms with Crippen LogP contribution in [0.1, 0.15) is 20.3 Å². The smallest absolute Gasteiger partial charge is 0.224 e. The summed E-state index contributed by atoms with van der Waals surface area (Å²) in [6.45, 7) is 4.34. The molecule has 1 unspecified atom stereocenters. The Morgan fingerprint density at radius 3 is 2.67 bits per heavy atom. The fraction of sp³-hybridized carbons (Fsp3) is 0.833. The molecule has 0 aromatic carbocycles. The molecule has 0 aliphatic heterocycles. The lowest BCUT2D eigenvalue weighted by Gasteiger charge is -2.06. The Balaban J connectivity index is 3.26. The second kappa shape index (κ2) is 4.77. The Hall–Kier alpha value is -0.0800. The number of carbonyl (C=O) groups is 1. The molecule has 0 saturated carbocycles. The van der Waals surface area contributed by atoms with Gasteiger partial charge in [-0.1, -0.05) is 0 Å². The molecule has 9 heavy (non-hydrogen) atoms. The molecule has 3 heteroatoms. The average Bonchev–Trinajstić information content (AvgIpc) is 1.63. The van der Waals surface area contributed by atoms with Crippen LogP contribution in [0.5, 0.6) is 0 Å². The van der Waals surface area contributed by atoms with Crippen LogP contribution in [-0.4, -0.2) is 18.0 Å². The van der Waals surface area contributed by atoms with Gasteiger partial charge >= 0.3 is 0 Å². The molecule has 0 radical (unpaired) electrons. The number of hydrogen-bond donors (Lipinski definition) is 0. The normalized spacial score (nSPS) is 13.2. The van der Waals surface area contributed by atoms with E-state index in [0.717, 1.165) is 0 Å².